The van der Waals surface area contributed by atoms with Gasteiger partial charge in [-0.2, -0.15) is 13.2 Å². The van der Waals surface area contributed by atoms with Crippen molar-refractivity contribution in [3.8, 4) is 0 Å². The van der Waals surface area contributed by atoms with Gasteiger partial charge in [0.25, 0.3) is 5.91 Å². The second kappa shape index (κ2) is 9.31. The zero-order valence-electron chi connectivity index (χ0n) is 17.8. The van der Waals surface area contributed by atoms with Crippen LogP contribution in [0.2, 0.25) is 10.0 Å². The Morgan fingerprint density at radius 2 is 1.88 bits per heavy atom. The molecule has 0 radical (unpaired) electrons. The molecule has 1 amide bonds. The number of rotatable bonds is 5. The van der Waals surface area contributed by atoms with Gasteiger partial charge in [-0.3, -0.25) is 14.8 Å². The third kappa shape index (κ3) is 4.76. The van der Waals surface area contributed by atoms with Crippen molar-refractivity contribution < 1.29 is 18.0 Å². The molecule has 1 atom stereocenters. The first kappa shape index (κ1) is 24.1. The van der Waals surface area contributed by atoms with Crippen LogP contribution in [0, 0.1) is 6.92 Å². The number of benzene rings is 1. The third-order valence-corrected chi connectivity index (χ3v) is 6.04. The van der Waals surface area contributed by atoms with Gasteiger partial charge in [-0.25, -0.2) is 9.97 Å². The van der Waals surface area contributed by atoms with Gasteiger partial charge in [-0.1, -0.05) is 29.3 Å². The van der Waals surface area contributed by atoms with E-state index in [1.165, 1.54) is 24.4 Å². The minimum Gasteiger partial charge on any atom is -0.346 e. The lowest BCUT2D eigenvalue weighted by Crippen LogP contribution is -2.44. The summed E-state index contributed by atoms with van der Waals surface area (Å²) in [6.07, 6.45) is -2.19. The first-order chi connectivity index (χ1) is 16.1. The molecule has 0 aliphatic carbocycles. The largest absolute Gasteiger partial charge is 0.400 e. The molecule has 11 heteroatoms. The normalized spacial score (nSPS) is 18.0. The van der Waals surface area contributed by atoms with Crippen LogP contribution in [0.5, 0.6) is 0 Å². The van der Waals surface area contributed by atoms with Crippen LogP contribution in [0.25, 0.3) is 0 Å². The Balaban J connectivity index is 1.56. The van der Waals surface area contributed by atoms with Gasteiger partial charge in [-0.05, 0) is 42.8 Å². The van der Waals surface area contributed by atoms with Crippen LogP contribution in [0.1, 0.15) is 39.6 Å². The van der Waals surface area contributed by atoms with Gasteiger partial charge in [0.15, 0.2) is 5.82 Å². The monoisotopic (exact) mass is 507 g/mol. The molecule has 4 rings (SSSR count). The number of alkyl halides is 3. The van der Waals surface area contributed by atoms with E-state index < -0.39 is 30.5 Å². The lowest BCUT2D eigenvalue weighted by atomic mass is 9.77. The molecule has 1 unspecified atom stereocenters. The van der Waals surface area contributed by atoms with Crippen molar-refractivity contribution in [3.05, 3.63) is 87.2 Å². The lowest BCUT2D eigenvalue weighted by Gasteiger charge is -2.31. The van der Waals surface area contributed by atoms with Crippen LogP contribution in [0.4, 0.5) is 13.2 Å². The highest BCUT2D eigenvalue weighted by molar-refractivity contribution is 6.34. The van der Waals surface area contributed by atoms with Crippen LogP contribution in [-0.2, 0) is 12.0 Å². The molecule has 2 aromatic heterocycles. The molecule has 1 aliphatic heterocycles. The van der Waals surface area contributed by atoms with Crippen LogP contribution in [-0.4, -0.2) is 39.3 Å². The Labute approximate surface area is 203 Å². The molecule has 0 spiro atoms. The zero-order chi connectivity index (χ0) is 24.5. The second-order valence-electron chi connectivity index (χ2n) is 7.87. The molecule has 3 heterocycles. The minimum atomic E-state index is -4.62. The van der Waals surface area contributed by atoms with Crippen molar-refractivity contribution >= 4 is 34.8 Å². The molecule has 1 N–H and O–H groups in total. The number of nitrogens with zero attached hydrogens (tertiary/aromatic N) is 4. The van der Waals surface area contributed by atoms with E-state index >= 15 is 0 Å². The predicted octanol–water partition coefficient (Wildman–Crippen LogP) is 5.11. The number of aliphatic imine (C=N–C) groups is 1. The standard InChI is InChI=1S/C23H18Cl2F3N5O/c1-13-18(21(34)31-10-17-4-2-3-5-29-17)11-30-20(33-13)19-9-22(12-32-19,23(26,27)28)14-6-15(24)8-16(25)7-14/h2-8,11H,9-10,12H2,1H3,(H,31,34). The number of halogens is 5. The van der Waals surface area contributed by atoms with Gasteiger partial charge < -0.3 is 5.32 Å². The first-order valence-electron chi connectivity index (χ1n) is 10.2. The van der Waals surface area contributed by atoms with Gasteiger partial charge in [-0.15, -0.1) is 0 Å². The van der Waals surface area contributed by atoms with Gasteiger partial charge >= 0.3 is 6.18 Å². The Morgan fingerprint density at radius 1 is 1.15 bits per heavy atom. The molecule has 6 nitrogen and oxygen atoms in total. The van der Waals surface area contributed by atoms with Crippen LogP contribution in [0.15, 0.2) is 53.8 Å². The van der Waals surface area contributed by atoms with Gasteiger partial charge in [0.2, 0.25) is 0 Å². The molecule has 34 heavy (non-hydrogen) atoms. The molecule has 1 aromatic carbocycles. The second-order valence-corrected chi connectivity index (χ2v) is 8.75. The van der Waals surface area contributed by atoms with Crippen LogP contribution in [0.3, 0.4) is 0 Å². The average Bonchev–Trinajstić information content (AvgIpc) is 3.25. The molecule has 0 saturated heterocycles. The fourth-order valence-corrected chi connectivity index (χ4v) is 4.28. The highest BCUT2D eigenvalue weighted by Gasteiger charge is 2.59. The highest BCUT2D eigenvalue weighted by atomic mass is 35.5. The third-order valence-electron chi connectivity index (χ3n) is 5.61. The average molecular weight is 508 g/mol. The van der Waals surface area contributed by atoms with Crippen molar-refractivity contribution in [3.63, 3.8) is 0 Å². The minimum absolute atomic E-state index is 0.0398. The van der Waals surface area contributed by atoms with Crippen molar-refractivity contribution in [2.24, 2.45) is 4.99 Å². The molecule has 0 bridgehead atoms. The van der Waals surface area contributed by atoms with E-state index in [-0.39, 0.29) is 39.3 Å². The van der Waals surface area contributed by atoms with E-state index in [2.05, 4.69) is 25.3 Å². The number of hydrogen-bond donors (Lipinski definition) is 1. The molecule has 0 fully saturated rings. The summed E-state index contributed by atoms with van der Waals surface area (Å²) in [5, 5.41) is 2.93. The van der Waals surface area contributed by atoms with Crippen LogP contribution >= 0.6 is 23.2 Å². The molecular weight excluding hydrogens is 490 g/mol. The molecule has 176 valence electrons. The summed E-state index contributed by atoms with van der Waals surface area (Å²) in [6, 6.07) is 9.21. The van der Waals surface area contributed by atoms with Crippen LogP contribution < -0.4 is 5.32 Å². The fourth-order valence-electron chi connectivity index (χ4n) is 3.75. The summed E-state index contributed by atoms with van der Waals surface area (Å²) < 4.78 is 42.8. The Morgan fingerprint density at radius 3 is 2.50 bits per heavy atom. The number of carbonyl (C=O) groups excluding carboxylic acids is 1. The predicted molar refractivity (Wildman–Crippen MR) is 122 cm³/mol. The quantitative estimate of drug-likeness (QED) is 0.520. The lowest BCUT2D eigenvalue weighted by molar-refractivity contribution is -0.183. The summed E-state index contributed by atoms with van der Waals surface area (Å²) in [5.74, 6) is -0.376. The number of nitrogens with one attached hydrogen (secondary N) is 1. The molecule has 3 aromatic rings. The maximum atomic E-state index is 14.3. The fraction of sp³-hybridized carbons (Fsp3) is 0.261. The van der Waals surface area contributed by atoms with Crippen molar-refractivity contribution in [1.29, 1.82) is 0 Å². The zero-order valence-corrected chi connectivity index (χ0v) is 19.3. The Kier molecular flexibility index (Phi) is 6.60. The summed E-state index contributed by atoms with van der Waals surface area (Å²) in [4.78, 5) is 29.2. The molecular formula is C23H18Cl2F3N5O. The number of aryl methyl sites for hydroxylation is 1. The van der Waals surface area contributed by atoms with E-state index in [9.17, 15) is 18.0 Å². The maximum absolute atomic E-state index is 14.3. The summed E-state index contributed by atoms with van der Waals surface area (Å²) in [6.45, 7) is 1.26. The highest BCUT2D eigenvalue weighted by Crippen LogP contribution is 2.48. The number of hydrogen-bond acceptors (Lipinski definition) is 5. The van der Waals surface area contributed by atoms with Gasteiger partial charge in [0, 0.05) is 28.9 Å². The smallest absolute Gasteiger partial charge is 0.346 e. The van der Waals surface area contributed by atoms with Gasteiger partial charge in [0.1, 0.15) is 5.41 Å². The van der Waals surface area contributed by atoms with Crippen molar-refractivity contribution in [2.75, 3.05) is 6.54 Å². The topological polar surface area (TPSA) is 80.1 Å². The van der Waals surface area contributed by atoms with Crippen molar-refractivity contribution in [1.82, 2.24) is 20.3 Å². The SMILES string of the molecule is Cc1nc(C2=NCC(c3cc(Cl)cc(Cl)c3)(C(F)(F)F)C2)ncc1C(=O)NCc1ccccn1. The summed E-state index contributed by atoms with van der Waals surface area (Å²) in [7, 11) is 0. The number of carbonyl (C=O) groups is 1. The molecule has 1 aliphatic rings. The van der Waals surface area contributed by atoms with E-state index in [1.54, 1.807) is 31.3 Å². The van der Waals surface area contributed by atoms with E-state index in [1.807, 2.05) is 0 Å². The summed E-state index contributed by atoms with van der Waals surface area (Å²) >= 11 is 11.9. The maximum Gasteiger partial charge on any atom is 0.400 e. The van der Waals surface area contributed by atoms with E-state index in [4.69, 9.17) is 23.2 Å². The Hall–Kier alpha value is -3.04. The first-order valence-corrected chi connectivity index (χ1v) is 10.9. The molecule has 0 saturated carbocycles. The van der Waals surface area contributed by atoms with Gasteiger partial charge in [0.05, 0.1) is 35.8 Å². The van der Waals surface area contributed by atoms with E-state index in [0.29, 0.717) is 11.4 Å². The van der Waals surface area contributed by atoms with Crippen molar-refractivity contribution in [2.45, 2.75) is 31.5 Å². The Bertz CT molecular complexity index is 1250. The summed E-state index contributed by atoms with van der Waals surface area (Å²) in [5.41, 5.74) is -1.07. The number of pyridine rings is 1. The number of amides is 1. The van der Waals surface area contributed by atoms with E-state index in [0.717, 1.165) is 0 Å². The number of aromatic nitrogens is 3.